The molecule has 0 saturated heterocycles. The molecular formula is C17H37NO2. The Balaban J connectivity index is 3.54. The molecule has 0 amide bonds. The van der Waals surface area contributed by atoms with E-state index in [0.29, 0.717) is 0 Å². The fourth-order valence-electron chi connectivity index (χ4n) is 2.95. The molecule has 3 heteroatoms. The summed E-state index contributed by atoms with van der Waals surface area (Å²) in [4.78, 5) is 1.77. The number of rotatable bonds is 13. The predicted molar refractivity (Wildman–Crippen MR) is 86.5 cm³/mol. The Bertz CT molecular complexity index is 199. The zero-order valence-electron chi connectivity index (χ0n) is 14.1. The molecule has 3 nitrogen and oxygen atoms in total. The molecule has 3 unspecified atom stereocenters. The van der Waals surface area contributed by atoms with Crippen molar-refractivity contribution in [1.29, 1.82) is 0 Å². The number of unbranched alkanes of at least 4 members (excludes halogenated alkanes) is 8. The molecule has 0 aliphatic rings. The minimum absolute atomic E-state index is 0.236. The number of nitrogens with zero attached hydrogens (tertiary/aromatic N) is 1. The van der Waals surface area contributed by atoms with Crippen LogP contribution in [0.2, 0.25) is 0 Å². The molecule has 0 rings (SSSR count). The monoisotopic (exact) mass is 287 g/mol. The fraction of sp³-hybridized carbons (Fsp3) is 1.00. The summed E-state index contributed by atoms with van der Waals surface area (Å²) in [6.07, 6.45) is 11.9. The predicted octanol–water partition coefficient (Wildman–Crippen LogP) is 4.27. The Hall–Kier alpha value is -0.120. The lowest BCUT2D eigenvalue weighted by atomic mass is 10.0. The summed E-state index contributed by atoms with van der Waals surface area (Å²) in [5.74, 6) is 0. The summed E-state index contributed by atoms with van der Waals surface area (Å²) in [7, 11) is 0. The molecule has 20 heavy (non-hydrogen) atoms. The van der Waals surface area contributed by atoms with Gasteiger partial charge in [-0.1, -0.05) is 64.7 Å². The smallest absolute Gasteiger partial charge is 0.106 e. The van der Waals surface area contributed by atoms with Crippen molar-refractivity contribution in [3.63, 3.8) is 0 Å². The van der Waals surface area contributed by atoms with Crippen molar-refractivity contribution >= 4 is 0 Å². The number of aliphatic hydroxyl groups is 2. The molecule has 0 saturated carbocycles. The van der Waals surface area contributed by atoms with Crippen molar-refractivity contribution < 1.29 is 10.2 Å². The van der Waals surface area contributed by atoms with Gasteiger partial charge in [0.1, 0.15) is 12.5 Å². The van der Waals surface area contributed by atoms with Gasteiger partial charge in [0, 0.05) is 6.04 Å². The summed E-state index contributed by atoms with van der Waals surface area (Å²) in [6.45, 7) is 7.79. The minimum Gasteiger partial charge on any atom is -0.379 e. The number of aliphatic hydroxyl groups excluding tert-OH is 2. The van der Waals surface area contributed by atoms with E-state index in [2.05, 4.69) is 13.8 Å². The maximum absolute atomic E-state index is 9.66. The van der Waals surface area contributed by atoms with E-state index in [1.54, 1.807) is 18.7 Å². The summed E-state index contributed by atoms with van der Waals surface area (Å²) < 4.78 is 0. The molecule has 0 spiro atoms. The van der Waals surface area contributed by atoms with E-state index in [1.807, 2.05) is 0 Å². The Kier molecular flexibility index (Phi) is 12.5. The van der Waals surface area contributed by atoms with E-state index in [0.717, 1.165) is 6.42 Å². The Morgan fingerprint density at radius 3 is 1.50 bits per heavy atom. The lowest BCUT2D eigenvalue weighted by Gasteiger charge is -2.34. The largest absolute Gasteiger partial charge is 0.379 e. The first-order valence-corrected chi connectivity index (χ1v) is 8.64. The van der Waals surface area contributed by atoms with Crippen LogP contribution in [0.4, 0.5) is 0 Å². The quantitative estimate of drug-likeness (QED) is 0.392. The zero-order valence-corrected chi connectivity index (χ0v) is 14.1. The second-order valence-electron chi connectivity index (χ2n) is 6.18. The van der Waals surface area contributed by atoms with E-state index in [-0.39, 0.29) is 6.04 Å². The van der Waals surface area contributed by atoms with Crippen LogP contribution in [-0.4, -0.2) is 33.6 Å². The van der Waals surface area contributed by atoms with Crippen LogP contribution < -0.4 is 0 Å². The number of hydrogen-bond acceptors (Lipinski definition) is 3. The Labute approximate surface area is 126 Å². The van der Waals surface area contributed by atoms with Crippen LogP contribution in [-0.2, 0) is 0 Å². The maximum Gasteiger partial charge on any atom is 0.106 e. The molecule has 0 radical (unpaired) electrons. The second kappa shape index (κ2) is 12.6. The summed E-state index contributed by atoms with van der Waals surface area (Å²) >= 11 is 0. The van der Waals surface area contributed by atoms with Crippen molar-refractivity contribution in [2.24, 2.45) is 0 Å². The average molecular weight is 287 g/mol. The first kappa shape index (κ1) is 19.9. The van der Waals surface area contributed by atoms with Crippen LogP contribution in [0.15, 0.2) is 0 Å². The molecule has 0 aliphatic heterocycles. The molecule has 0 heterocycles. The second-order valence-corrected chi connectivity index (χ2v) is 6.18. The average Bonchev–Trinajstić information content (AvgIpc) is 2.36. The molecular weight excluding hydrogens is 250 g/mol. The molecule has 0 bridgehead atoms. The topological polar surface area (TPSA) is 43.7 Å². The lowest BCUT2D eigenvalue weighted by molar-refractivity contribution is -0.107. The highest BCUT2D eigenvalue weighted by atomic mass is 16.3. The van der Waals surface area contributed by atoms with Crippen LogP contribution in [0, 0.1) is 0 Å². The van der Waals surface area contributed by atoms with E-state index < -0.39 is 12.5 Å². The summed E-state index contributed by atoms with van der Waals surface area (Å²) in [5, 5.41) is 19.3. The van der Waals surface area contributed by atoms with E-state index in [1.165, 1.54) is 57.8 Å². The van der Waals surface area contributed by atoms with Crippen molar-refractivity contribution in [3.8, 4) is 0 Å². The van der Waals surface area contributed by atoms with Gasteiger partial charge in [0.25, 0.3) is 0 Å². The van der Waals surface area contributed by atoms with Crippen LogP contribution in [0.25, 0.3) is 0 Å². The van der Waals surface area contributed by atoms with Gasteiger partial charge in [0.05, 0.1) is 0 Å². The Morgan fingerprint density at radius 1 is 0.700 bits per heavy atom. The highest BCUT2D eigenvalue weighted by Crippen LogP contribution is 2.16. The van der Waals surface area contributed by atoms with E-state index >= 15 is 0 Å². The molecule has 0 aromatic carbocycles. The Morgan fingerprint density at radius 2 is 1.10 bits per heavy atom. The van der Waals surface area contributed by atoms with Crippen LogP contribution in [0.5, 0.6) is 0 Å². The third-order valence-corrected chi connectivity index (χ3v) is 4.10. The van der Waals surface area contributed by atoms with Crippen molar-refractivity contribution in [3.05, 3.63) is 0 Å². The van der Waals surface area contributed by atoms with Crippen LogP contribution >= 0.6 is 0 Å². The van der Waals surface area contributed by atoms with Gasteiger partial charge in [0.15, 0.2) is 0 Å². The van der Waals surface area contributed by atoms with Gasteiger partial charge in [-0.15, -0.1) is 0 Å². The van der Waals surface area contributed by atoms with Gasteiger partial charge in [0.2, 0.25) is 0 Å². The normalized spacial score (nSPS) is 16.4. The van der Waals surface area contributed by atoms with Gasteiger partial charge >= 0.3 is 0 Å². The molecule has 3 atom stereocenters. The molecule has 2 N–H and O–H groups in total. The number of hydrogen-bond donors (Lipinski definition) is 2. The highest BCUT2D eigenvalue weighted by Gasteiger charge is 2.21. The highest BCUT2D eigenvalue weighted by molar-refractivity contribution is 4.69. The SMILES string of the molecule is CCCCCCCCCCCC(C)N(C(C)O)C(C)O. The van der Waals surface area contributed by atoms with Gasteiger partial charge in [-0.3, -0.25) is 4.90 Å². The van der Waals surface area contributed by atoms with E-state index in [4.69, 9.17) is 0 Å². The lowest BCUT2D eigenvalue weighted by Crippen LogP contribution is -2.46. The van der Waals surface area contributed by atoms with Crippen LogP contribution in [0.3, 0.4) is 0 Å². The first-order valence-electron chi connectivity index (χ1n) is 8.64. The fourth-order valence-corrected chi connectivity index (χ4v) is 2.95. The third-order valence-electron chi connectivity index (χ3n) is 4.10. The molecule has 0 aliphatic carbocycles. The molecule has 0 fully saturated rings. The first-order chi connectivity index (χ1) is 9.50. The minimum atomic E-state index is -0.580. The third kappa shape index (κ3) is 9.73. The molecule has 0 aromatic rings. The van der Waals surface area contributed by atoms with Crippen molar-refractivity contribution in [2.75, 3.05) is 0 Å². The van der Waals surface area contributed by atoms with Gasteiger partial charge in [-0.2, -0.15) is 0 Å². The standard InChI is InChI=1S/C17H37NO2/c1-5-6-7-8-9-10-11-12-13-14-15(2)18(16(3)19)17(4)20/h15-17,19-20H,5-14H2,1-4H3. The zero-order chi connectivity index (χ0) is 15.4. The van der Waals surface area contributed by atoms with Gasteiger partial charge < -0.3 is 10.2 Å². The summed E-state index contributed by atoms with van der Waals surface area (Å²) in [6, 6.07) is 0.236. The van der Waals surface area contributed by atoms with Crippen molar-refractivity contribution in [1.82, 2.24) is 4.90 Å². The van der Waals surface area contributed by atoms with Crippen LogP contribution in [0.1, 0.15) is 91.9 Å². The summed E-state index contributed by atoms with van der Waals surface area (Å²) in [5.41, 5.74) is 0. The molecule has 122 valence electrons. The molecule has 0 aromatic heterocycles. The van der Waals surface area contributed by atoms with E-state index in [9.17, 15) is 10.2 Å². The maximum atomic E-state index is 9.66. The van der Waals surface area contributed by atoms with Crippen molar-refractivity contribution in [2.45, 2.75) is 110 Å². The van der Waals surface area contributed by atoms with Gasteiger partial charge in [-0.25, -0.2) is 0 Å². The van der Waals surface area contributed by atoms with Gasteiger partial charge in [-0.05, 0) is 27.2 Å².